The Bertz CT molecular complexity index is 952. The number of carbonyl (C=O) groups is 2. The summed E-state index contributed by atoms with van der Waals surface area (Å²) in [5.74, 6) is -6.37. The smallest absolute Gasteiger partial charge is 0.453 e. The second kappa shape index (κ2) is 9.19. The van der Waals surface area contributed by atoms with Gasteiger partial charge in [-0.2, -0.15) is 0 Å². The number of benzene rings is 2. The summed E-state index contributed by atoms with van der Waals surface area (Å²) in [6, 6.07) is 10.2. The third-order valence-corrected chi connectivity index (χ3v) is 4.56. The van der Waals surface area contributed by atoms with Crippen molar-refractivity contribution in [3.63, 3.8) is 0 Å². The number of halogens is 1. The molecule has 0 amide bonds. The Labute approximate surface area is 177 Å². The topological polar surface area (TPSA) is 135 Å². The number of carboxylic acids is 2. The van der Waals surface area contributed by atoms with Crippen molar-refractivity contribution in [1.29, 1.82) is 0 Å². The standard InChI is InChI=1S/C21H22FNO8/c1-12(23-10-15(24)11-29-16-4-2-3-14(22)9-16)7-13-5-6-17-18(8-13)31-21(30-17,19(25)26)20(27)28/h2-6,8-9,12,15,23-24H,7,10-11H2,1H3,(H,25,26)(H,27,28). The van der Waals surface area contributed by atoms with Gasteiger partial charge in [-0.25, -0.2) is 14.0 Å². The summed E-state index contributed by atoms with van der Waals surface area (Å²) in [4.78, 5) is 22.6. The monoisotopic (exact) mass is 435 g/mol. The fraction of sp³-hybridized carbons (Fsp3) is 0.333. The summed E-state index contributed by atoms with van der Waals surface area (Å²) >= 11 is 0. The Kier molecular flexibility index (Phi) is 6.62. The predicted molar refractivity (Wildman–Crippen MR) is 105 cm³/mol. The molecule has 0 saturated carbocycles. The van der Waals surface area contributed by atoms with E-state index < -0.39 is 29.6 Å². The number of carboxylic acid groups (broad SMARTS) is 2. The highest BCUT2D eigenvalue weighted by molar-refractivity contribution is 6.01. The molecule has 2 aromatic carbocycles. The molecule has 0 fully saturated rings. The highest BCUT2D eigenvalue weighted by atomic mass is 19.1. The minimum atomic E-state index is -2.80. The van der Waals surface area contributed by atoms with Crippen LogP contribution in [0.4, 0.5) is 4.39 Å². The summed E-state index contributed by atoms with van der Waals surface area (Å²) in [5.41, 5.74) is 0.749. The Hall–Kier alpha value is -3.37. The maximum Gasteiger partial charge on any atom is 0.453 e. The van der Waals surface area contributed by atoms with E-state index >= 15 is 0 Å². The van der Waals surface area contributed by atoms with Crippen LogP contribution in [0.3, 0.4) is 0 Å². The van der Waals surface area contributed by atoms with E-state index in [1.807, 2.05) is 6.92 Å². The van der Waals surface area contributed by atoms with Gasteiger partial charge in [-0.1, -0.05) is 12.1 Å². The lowest BCUT2D eigenvalue weighted by Gasteiger charge is -2.18. The van der Waals surface area contributed by atoms with E-state index in [4.69, 9.17) is 14.2 Å². The Morgan fingerprint density at radius 2 is 1.84 bits per heavy atom. The summed E-state index contributed by atoms with van der Waals surface area (Å²) in [6.45, 7) is 2.09. The largest absolute Gasteiger partial charge is 0.491 e. The Morgan fingerprint density at radius 1 is 1.13 bits per heavy atom. The van der Waals surface area contributed by atoms with Crippen LogP contribution in [-0.4, -0.2) is 58.3 Å². The van der Waals surface area contributed by atoms with Gasteiger partial charge in [-0.05, 0) is 43.2 Å². The van der Waals surface area contributed by atoms with Gasteiger partial charge in [0, 0.05) is 18.7 Å². The molecule has 9 nitrogen and oxygen atoms in total. The molecule has 0 radical (unpaired) electrons. The zero-order valence-corrected chi connectivity index (χ0v) is 16.6. The molecule has 166 valence electrons. The van der Waals surface area contributed by atoms with Gasteiger partial charge in [-0.15, -0.1) is 0 Å². The van der Waals surface area contributed by atoms with E-state index in [9.17, 15) is 29.3 Å². The van der Waals surface area contributed by atoms with Gasteiger partial charge in [-0.3, -0.25) is 0 Å². The van der Waals surface area contributed by atoms with Crippen LogP contribution >= 0.6 is 0 Å². The van der Waals surface area contributed by atoms with Gasteiger partial charge < -0.3 is 34.8 Å². The molecule has 1 aliphatic rings. The van der Waals surface area contributed by atoms with Crippen LogP contribution in [0.25, 0.3) is 0 Å². The van der Waals surface area contributed by atoms with Crippen molar-refractivity contribution < 1.29 is 43.5 Å². The lowest BCUT2D eigenvalue weighted by Crippen LogP contribution is -2.54. The van der Waals surface area contributed by atoms with Crippen molar-refractivity contribution in [2.24, 2.45) is 0 Å². The molecule has 0 spiro atoms. The number of fused-ring (bicyclic) bond motifs is 1. The van der Waals surface area contributed by atoms with Crippen LogP contribution in [0.2, 0.25) is 0 Å². The number of hydrogen-bond acceptors (Lipinski definition) is 7. The molecule has 10 heteroatoms. The summed E-state index contributed by atoms with van der Waals surface area (Å²) in [6.07, 6.45) is -0.337. The molecule has 0 bridgehead atoms. The summed E-state index contributed by atoms with van der Waals surface area (Å²) in [5, 5.41) is 31.5. The first-order chi connectivity index (χ1) is 14.7. The molecule has 0 aromatic heterocycles. The van der Waals surface area contributed by atoms with Gasteiger partial charge >= 0.3 is 17.7 Å². The van der Waals surface area contributed by atoms with E-state index in [2.05, 4.69) is 5.32 Å². The molecule has 4 N–H and O–H groups in total. The first-order valence-corrected chi connectivity index (χ1v) is 9.47. The Morgan fingerprint density at radius 3 is 2.52 bits per heavy atom. The van der Waals surface area contributed by atoms with E-state index in [0.717, 1.165) is 5.56 Å². The average molecular weight is 435 g/mol. The highest BCUT2D eigenvalue weighted by Crippen LogP contribution is 2.40. The number of hydrogen-bond donors (Lipinski definition) is 4. The zero-order chi connectivity index (χ0) is 22.6. The predicted octanol–water partition coefficient (Wildman–Crippen LogP) is 1.42. The van der Waals surface area contributed by atoms with E-state index in [1.165, 1.54) is 30.3 Å². The van der Waals surface area contributed by atoms with Gasteiger partial charge in [0.05, 0.1) is 0 Å². The van der Waals surface area contributed by atoms with Gasteiger partial charge in [0.1, 0.15) is 24.3 Å². The second-order valence-corrected chi connectivity index (χ2v) is 7.15. The molecule has 0 aliphatic carbocycles. The van der Waals surface area contributed by atoms with Gasteiger partial charge in [0.2, 0.25) is 0 Å². The van der Waals surface area contributed by atoms with Crippen LogP contribution in [-0.2, 0) is 16.0 Å². The fourth-order valence-corrected chi connectivity index (χ4v) is 3.01. The van der Waals surface area contributed by atoms with E-state index in [-0.39, 0.29) is 30.7 Å². The average Bonchev–Trinajstić information content (AvgIpc) is 3.11. The fourth-order valence-electron chi connectivity index (χ4n) is 3.01. The molecular weight excluding hydrogens is 413 g/mol. The second-order valence-electron chi connectivity index (χ2n) is 7.15. The quantitative estimate of drug-likeness (QED) is 0.409. The third-order valence-electron chi connectivity index (χ3n) is 4.56. The minimum Gasteiger partial charge on any atom is -0.491 e. The number of aliphatic hydroxyl groups is 1. The molecule has 31 heavy (non-hydrogen) atoms. The molecule has 0 saturated heterocycles. The number of nitrogens with one attached hydrogen (secondary N) is 1. The Balaban J connectivity index is 1.50. The molecule has 2 aromatic rings. The number of ether oxygens (including phenoxy) is 3. The molecule has 3 rings (SSSR count). The lowest BCUT2D eigenvalue weighted by molar-refractivity contribution is -0.194. The summed E-state index contributed by atoms with van der Waals surface area (Å²) < 4.78 is 28.6. The van der Waals surface area contributed by atoms with Crippen LogP contribution in [0.1, 0.15) is 12.5 Å². The lowest BCUT2D eigenvalue weighted by atomic mass is 10.1. The molecule has 2 unspecified atom stereocenters. The third kappa shape index (κ3) is 5.22. The minimum absolute atomic E-state index is 0.0142. The van der Waals surface area contributed by atoms with E-state index in [0.29, 0.717) is 12.2 Å². The van der Waals surface area contributed by atoms with E-state index in [1.54, 1.807) is 12.1 Å². The molecular formula is C21H22FNO8. The van der Waals surface area contributed by atoms with Crippen LogP contribution in [0, 0.1) is 5.82 Å². The van der Waals surface area contributed by atoms with Crippen LogP contribution < -0.4 is 19.5 Å². The van der Waals surface area contributed by atoms with Crippen molar-refractivity contribution in [2.45, 2.75) is 31.3 Å². The molecule has 1 heterocycles. The maximum absolute atomic E-state index is 13.1. The number of rotatable bonds is 10. The first-order valence-electron chi connectivity index (χ1n) is 9.47. The molecule has 2 atom stereocenters. The van der Waals surface area contributed by atoms with Crippen molar-refractivity contribution >= 4 is 11.9 Å². The van der Waals surface area contributed by atoms with Gasteiger partial charge in [0.25, 0.3) is 0 Å². The van der Waals surface area contributed by atoms with Crippen molar-refractivity contribution in [3.8, 4) is 17.2 Å². The highest BCUT2D eigenvalue weighted by Gasteiger charge is 2.57. The zero-order valence-electron chi connectivity index (χ0n) is 16.6. The SMILES string of the molecule is CC(Cc1ccc2c(c1)OC(C(=O)O)(C(=O)O)O2)NCC(O)COc1cccc(F)c1. The first kappa shape index (κ1) is 22.3. The number of aliphatic carboxylic acids is 2. The van der Waals surface area contributed by atoms with Crippen LogP contribution in [0.5, 0.6) is 17.2 Å². The van der Waals surface area contributed by atoms with Crippen molar-refractivity contribution in [1.82, 2.24) is 5.32 Å². The normalized spacial score (nSPS) is 15.8. The van der Waals surface area contributed by atoms with Crippen molar-refractivity contribution in [3.05, 3.63) is 53.8 Å². The van der Waals surface area contributed by atoms with Crippen molar-refractivity contribution in [2.75, 3.05) is 13.2 Å². The van der Waals surface area contributed by atoms with Gasteiger partial charge in [0.15, 0.2) is 11.5 Å². The summed E-state index contributed by atoms with van der Waals surface area (Å²) in [7, 11) is 0. The maximum atomic E-state index is 13.1. The molecule has 1 aliphatic heterocycles. The number of aliphatic hydroxyl groups excluding tert-OH is 1. The van der Waals surface area contributed by atoms with Crippen LogP contribution in [0.15, 0.2) is 42.5 Å².